The van der Waals surface area contributed by atoms with Gasteiger partial charge < -0.3 is 9.80 Å². The van der Waals surface area contributed by atoms with Crippen LogP contribution in [0.2, 0.25) is 0 Å². The van der Waals surface area contributed by atoms with Crippen molar-refractivity contribution in [3.05, 3.63) is 124 Å². The summed E-state index contributed by atoms with van der Waals surface area (Å²) in [7, 11) is 0. The maximum atomic E-state index is 2.77. The number of rotatable bonds is 5. The predicted octanol–water partition coefficient (Wildman–Crippen LogP) is 16.1. The zero-order chi connectivity index (χ0) is 47.2. The second-order valence-corrected chi connectivity index (χ2v) is 26.8. The number of anilines is 6. The monoisotopic (exact) mass is 877 g/mol. The van der Waals surface area contributed by atoms with Crippen molar-refractivity contribution in [1.29, 1.82) is 0 Å². The van der Waals surface area contributed by atoms with E-state index in [1.807, 2.05) is 0 Å². The molecule has 0 spiro atoms. The summed E-state index contributed by atoms with van der Waals surface area (Å²) in [6.07, 6.45) is 8.50. The van der Waals surface area contributed by atoms with Gasteiger partial charge in [0.25, 0.3) is 6.71 Å². The summed E-state index contributed by atoms with van der Waals surface area (Å²) in [6.45, 7) is 38.3. The first-order valence-electron chi connectivity index (χ1n) is 26.2. The van der Waals surface area contributed by atoms with Crippen molar-refractivity contribution in [2.24, 2.45) is 23.7 Å². The summed E-state index contributed by atoms with van der Waals surface area (Å²) in [4.78, 5) is 5.53. The Labute approximate surface area is 401 Å². The summed E-state index contributed by atoms with van der Waals surface area (Å²) in [5, 5.41) is 0. The predicted molar refractivity (Wildman–Crippen MR) is 288 cm³/mol. The lowest BCUT2D eigenvalue weighted by Crippen LogP contribution is -2.61. The minimum absolute atomic E-state index is 0.0103. The van der Waals surface area contributed by atoms with Gasteiger partial charge in [0.2, 0.25) is 0 Å². The average molecular weight is 877 g/mol. The second-order valence-electron chi connectivity index (χ2n) is 26.8. The topological polar surface area (TPSA) is 6.48 Å². The summed E-state index contributed by atoms with van der Waals surface area (Å²) in [6, 6.07) is 35.8. The largest absolute Gasteiger partial charge is 0.311 e. The molecule has 0 amide bonds. The van der Waals surface area contributed by atoms with Gasteiger partial charge in [-0.25, -0.2) is 0 Å². The summed E-state index contributed by atoms with van der Waals surface area (Å²) >= 11 is 0. The minimum Gasteiger partial charge on any atom is -0.311 e. The molecule has 10 rings (SSSR count). The first kappa shape index (κ1) is 45.5. The van der Waals surface area contributed by atoms with E-state index in [9.17, 15) is 0 Å². The van der Waals surface area contributed by atoms with E-state index < -0.39 is 0 Å². The molecular weight excluding hydrogens is 796 g/mol. The van der Waals surface area contributed by atoms with Crippen LogP contribution in [0.5, 0.6) is 0 Å². The Morgan fingerprint density at radius 3 is 1.29 bits per heavy atom. The van der Waals surface area contributed by atoms with Crippen LogP contribution in [0.3, 0.4) is 0 Å². The lowest BCUT2D eigenvalue weighted by atomic mass is 9.33. The van der Waals surface area contributed by atoms with Gasteiger partial charge in [-0.15, -0.1) is 0 Å². The molecule has 5 aliphatic rings. The Kier molecular flexibility index (Phi) is 10.8. The molecule has 3 fully saturated rings. The van der Waals surface area contributed by atoms with Crippen molar-refractivity contribution in [2.45, 2.75) is 189 Å². The van der Waals surface area contributed by atoms with E-state index in [0.717, 1.165) is 23.7 Å². The molecule has 2 heterocycles. The zero-order valence-electron chi connectivity index (χ0n) is 43.8. The highest BCUT2D eigenvalue weighted by Crippen LogP contribution is 2.59. The quantitative estimate of drug-likeness (QED) is 0.159. The van der Waals surface area contributed by atoms with Crippen LogP contribution in [0.25, 0.3) is 0 Å². The summed E-state index contributed by atoms with van der Waals surface area (Å²) in [5.41, 5.74) is 22.3. The van der Waals surface area contributed by atoms with Crippen molar-refractivity contribution in [3.8, 4) is 0 Å². The fourth-order valence-corrected chi connectivity index (χ4v) is 13.3. The minimum atomic E-state index is -0.0103. The van der Waals surface area contributed by atoms with Crippen molar-refractivity contribution in [3.63, 3.8) is 0 Å². The lowest BCUT2D eigenvalue weighted by Gasteiger charge is -2.53. The summed E-state index contributed by atoms with van der Waals surface area (Å²) in [5.74, 6) is 4.84. The third kappa shape index (κ3) is 7.79. The van der Waals surface area contributed by atoms with Gasteiger partial charge in [0, 0.05) is 34.1 Å². The van der Waals surface area contributed by atoms with Gasteiger partial charge in [0.15, 0.2) is 0 Å². The molecule has 346 valence electrons. The van der Waals surface area contributed by atoms with Crippen LogP contribution in [-0.2, 0) is 21.7 Å². The highest BCUT2D eigenvalue weighted by molar-refractivity contribution is 7.00. The van der Waals surface area contributed by atoms with E-state index >= 15 is 0 Å². The van der Waals surface area contributed by atoms with Crippen LogP contribution in [0.4, 0.5) is 34.1 Å². The Morgan fingerprint density at radius 2 is 0.879 bits per heavy atom. The Balaban J connectivity index is 1.35. The van der Waals surface area contributed by atoms with Gasteiger partial charge in [-0.3, -0.25) is 0 Å². The van der Waals surface area contributed by atoms with Crippen molar-refractivity contribution < 1.29 is 0 Å². The molecule has 5 unspecified atom stereocenters. The Hall–Kier alpha value is -4.24. The molecule has 2 aliphatic heterocycles. The van der Waals surface area contributed by atoms with Crippen LogP contribution in [0.15, 0.2) is 84.9 Å². The fourth-order valence-electron chi connectivity index (χ4n) is 13.3. The van der Waals surface area contributed by atoms with E-state index in [1.54, 1.807) is 5.56 Å². The molecule has 0 radical (unpaired) electrons. The van der Waals surface area contributed by atoms with Crippen LogP contribution in [-0.4, -0.2) is 6.71 Å². The van der Waals surface area contributed by atoms with Gasteiger partial charge in [0.05, 0.1) is 0 Å². The zero-order valence-corrected chi connectivity index (χ0v) is 43.8. The molecule has 3 heteroatoms. The van der Waals surface area contributed by atoms with Crippen molar-refractivity contribution >= 4 is 57.2 Å². The van der Waals surface area contributed by atoms with E-state index in [4.69, 9.17) is 0 Å². The maximum Gasteiger partial charge on any atom is 0.252 e. The average Bonchev–Trinajstić information content (AvgIpc) is 3.23. The number of fused-ring (bicyclic) bond motifs is 6. The number of nitrogens with zero attached hydrogens (tertiary/aromatic N) is 2. The van der Waals surface area contributed by atoms with E-state index in [1.165, 1.54) is 122 Å². The maximum absolute atomic E-state index is 2.77. The number of benzene rings is 5. The molecule has 5 atom stereocenters. The van der Waals surface area contributed by atoms with E-state index in [0.29, 0.717) is 17.8 Å². The van der Waals surface area contributed by atoms with Gasteiger partial charge >= 0.3 is 0 Å². The van der Waals surface area contributed by atoms with Crippen molar-refractivity contribution in [2.75, 3.05) is 9.80 Å². The smallest absolute Gasteiger partial charge is 0.252 e. The third-order valence-electron chi connectivity index (χ3n) is 17.3. The standard InChI is InChI=1S/C63H81BN2/c1-37(2)41-18-21-53-55(27-41)65(49-33-45(60(5,6)7)31-46(34-49)61(8,9)10)57-29-44(52-26-40-23-39-17-20-51(52)43(24-39)25-40)30-58-59(57)64(53)54-22-19-42(38(3)4)28-56(54)66(58)50-35-47(62(11,12)13)32-48(36-50)63(14,15)16/h18-19,21-22,27-40,43,51-52H,17,20,23-26H2,1-16H3. The SMILES string of the molecule is CC(C)c1ccc2c(c1)N(c1cc(C(C)(C)C)cc(C(C)(C)C)c1)c1cc(C3CC4CC5CCC3C(C5)C4)cc3c1B2c1ccc(C(C)C)cc1N3c1cc(C(C)(C)C)cc(C(C)(C)C)c1. The molecule has 5 aromatic carbocycles. The van der Waals surface area contributed by atoms with Gasteiger partial charge in [-0.1, -0.05) is 154 Å². The molecule has 3 bridgehead atoms. The van der Waals surface area contributed by atoms with Crippen LogP contribution >= 0.6 is 0 Å². The van der Waals surface area contributed by atoms with Gasteiger partial charge in [-0.2, -0.15) is 0 Å². The third-order valence-corrected chi connectivity index (χ3v) is 17.3. The van der Waals surface area contributed by atoms with E-state index in [2.05, 4.69) is 206 Å². The molecule has 66 heavy (non-hydrogen) atoms. The summed E-state index contributed by atoms with van der Waals surface area (Å²) < 4.78 is 0. The molecule has 0 saturated heterocycles. The molecule has 3 saturated carbocycles. The molecule has 5 aromatic rings. The molecule has 0 N–H and O–H groups in total. The van der Waals surface area contributed by atoms with Crippen LogP contribution in [0, 0.1) is 23.7 Å². The van der Waals surface area contributed by atoms with Crippen LogP contribution in [0.1, 0.15) is 206 Å². The number of hydrogen-bond acceptors (Lipinski definition) is 2. The highest BCUT2D eigenvalue weighted by Gasteiger charge is 2.49. The second kappa shape index (κ2) is 15.6. The molecule has 0 aromatic heterocycles. The van der Waals surface area contributed by atoms with E-state index in [-0.39, 0.29) is 28.4 Å². The first-order chi connectivity index (χ1) is 30.8. The fraction of sp³-hybridized carbons (Fsp3) is 0.524. The van der Waals surface area contributed by atoms with Gasteiger partial charge in [-0.05, 0) is 199 Å². The molecule has 3 aliphatic carbocycles. The Bertz CT molecular complexity index is 2470. The number of hydrogen-bond donors (Lipinski definition) is 0. The lowest BCUT2D eigenvalue weighted by molar-refractivity contribution is 0.0153. The van der Waals surface area contributed by atoms with Crippen molar-refractivity contribution in [1.82, 2.24) is 0 Å². The molecule has 2 nitrogen and oxygen atoms in total. The highest BCUT2D eigenvalue weighted by atomic mass is 15.2. The Morgan fingerprint density at radius 1 is 0.455 bits per heavy atom. The molecular formula is C63H81BN2. The first-order valence-corrected chi connectivity index (χ1v) is 26.2. The van der Waals surface area contributed by atoms with Gasteiger partial charge in [0.1, 0.15) is 0 Å². The normalized spacial score (nSPS) is 22.5. The van der Waals surface area contributed by atoms with Crippen LogP contribution < -0.4 is 26.2 Å².